The summed E-state index contributed by atoms with van der Waals surface area (Å²) in [6.07, 6.45) is 1.09. The van der Waals surface area contributed by atoms with E-state index in [9.17, 15) is 0 Å². The molecule has 0 heterocycles. The number of ether oxygens (including phenoxy) is 1. The summed E-state index contributed by atoms with van der Waals surface area (Å²) >= 11 is 6.18. The molecule has 0 amide bonds. The zero-order chi connectivity index (χ0) is 13.8. The maximum absolute atomic E-state index is 6.18. The molecule has 1 aromatic rings. The fraction of sp³-hybridized carbons (Fsp3) is 0.600. The predicted octanol–water partition coefficient (Wildman–Crippen LogP) is 4.19. The molecule has 0 aromatic heterocycles. The molecule has 1 atom stereocenters. The van der Waals surface area contributed by atoms with Crippen LogP contribution in [0.2, 0.25) is 5.02 Å². The third-order valence-electron chi connectivity index (χ3n) is 2.70. The van der Waals surface area contributed by atoms with Crippen LogP contribution in [0.3, 0.4) is 0 Å². The van der Waals surface area contributed by atoms with E-state index in [1.807, 2.05) is 25.1 Å². The van der Waals surface area contributed by atoms with Gasteiger partial charge in [0.2, 0.25) is 0 Å². The predicted molar refractivity (Wildman–Crippen MR) is 78.7 cm³/mol. The minimum Gasteiger partial charge on any atom is -0.488 e. The Labute approximate surface area is 116 Å². The number of nitrogens with one attached hydrogen (secondary N) is 1. The normalized spacial score (nSPS) is 13.4. The molecule has 1 aromatic carbocycles. The van der Waals surface area contributed by atoms with E-state index in [1.54, 1.807) is 0 Å². The average Bonchev–Trinajstić information content (AvgIpc) is 2.25. The Balaban J connectivity index is 2.62. The fourth-order valence-corrected chi connectivity index (χ4v) is 1.85. The topological polar surface area (TPSA) is 21.3 Å². The third-order valence-corrected chi connectivity index (χ3v) is 2.99. The van der Waals surface area contributed by atoms with Crippen molar-refractivity contribution in [1.82, 2.24) is 5.32 Å². The third kappa shape index (κ3) is 5.28. The zero-order valence-corrected chi connectivity index (χ0v) is 12.8. The summed E-state index contributed by atoms with van der Waals surface area (Å²) in [6, 6.07) is 5.89. The quantitative estimate of drug-likeness (QED) is 0.865. The molecular formula is C15H24ClNO. The van der Waals surface area contributed by atoms with Crippen molar-refractivity contribution in [1.29, 1.82) is 0 Å². The van der Waals surface area contributed by atoms with E-state index in [1.165, 1.54) is 0 Å². The van der Waals surface area contributed by atoms with Crippen LogP contribution in [0.15, 0.2) is 18.2 Å². The van der Waals surface area contributed by atoms with Crippen molar-refractivity contribution >= 4 is 11.6 Å². The van der Waals surface area contributed by atoms with E-state index in [2.05, 4.69) is 33.0 Å². The van der Waals surface area contributed by atoms with Gasteiger partial charge in [-0.3, -0.25) is 0 Å². The Morgan fingerprint density at radius 2 is 2.00 bits per heavy atom. The Kier molecular flexibility index (Phi) is 5.48. The van der Waals surface area contributed by atoms with Gasteiger partial charge in [0.05, 0.1) is 5.02 Å². The molecule has 1 N–H and O–H groups in total. The summed E-state index contributed by atoms with van der Waals surface area (Å²) in [5, 5.41) is 4.14. The van der Waals surface area contributed by atoms with Gasteiger partial charge < -0.3 is 10.1 Å². The number of benzene rings is 1. The summed E-state index contributed by atoms with van der Waals surface area (Å²) < 4.78 is 5.95. The van der Waals surface area contributed by atoms with Gasteiger partial charge >= 0.3 is 0 Å². The summed E-state index contributed by atoms with van der Waals surface area (Å²) in [7, 11) is 0. The maximum atomic E-state index is 6.18. The second-order valence-corrected chi connectivity index (χ2v) is 6.12. The Hall–Kier alpha value is -0.730. The summed E-state index contributed by atoms with van der Waals surface area (Å²) in [6.45, 7) is 11.4. The van der Waals surface area contributed by atoms with Gasteiger partial charge in [-0.1, -0.05) is 24.6 Å². The Bertz CT molecular complexity index is 385. The van der Waals surface area contributed by atoms with E-state index in [0.29, 0.717) is 5.02 Å². The fourth-order valence-electron chi connectivity index (χ4n) is 1.57. The number of halogens is 1. The van der Waals surface area contributed by atoms with Gasteiger partial charge in [0.1, 0.15) is 11.9 Å². The van der Waals surface area contributed by atoms with Gasteiger partial charge in [-0.05, 0) is 51.8 Å². The highest BCUT2D eigenvalue weighted by Crippen LogP contribution is 2.26. The highest BCUT2D eigenvalue weighted by atomic mass is 35.5. The van der Waals surface area contributed by atoms with E-state index in [0.717, 1.165) is 24.3 Å². The molecule has 0 radical (unpaired) electrons. The van der Waals surface area contributed by atoms with Crippen LogP contribution in [0.25, 0.3) is 0 Å². The van der Waals surface area contributed by atoms with Crippen molar-refractivity contribution in [3.63, 3.8) is 0 Å². The first-order valence-electron chi connectivity index (χ1n) is 6.49. The molecule has 0 spiro atoms. The SMILES string of the molecule is CCC(CNC(C)(C)C)Oc1ccc(C)cc1Cl. The lowest BCUT2D eigenvalue weighted by atomic mass is 10.1. The maximum Gasteiger partial charge on any atom is 0.138 e. The summed E-state index contributed by atoms with van der Waals surface area (Å²) in [4.78, 5) is 0. The van der Waals surface area contributed by atoms with E-state index in [-0.39, 0.29) is 11.6 Å². The molecule has 0 aliphatic carbocycles. The van der Waals surface area contributed by atoms with Crippen LogP contribution < -0.4 is 10.1 Å². The second-order valence-electron chi connectivity index (χ2n) is 5.71. The van der Waals surface area contributed by atoms with Crippen molar-refractivity contribution < 1.29 is 4.74 Å². The average molecular weight is 270 g/mol. The van der Waals surface area contributed by atoms with Crippen LogP contribution in [0.4, 0.5) is 0 Å². The van der Waals surface area contributed by atoms with E-state index >= 15 is 0 Å². The van der Waals surface area contributed by atoms with Gasteiger partial charge in [0.25, 0.3) is 0 Å². The second kappa shape index (κ2) is 6.44. The molecule has 0 saturated carbocycles. The molecule has 1 rings (SSSR count). The van der Waals surface area contributed by atoms with Crippen molar-refractivity contribution in [3.05, 3.63) is 28.8 Å². The first kappa shape index (κ1) is 15.3. The molecule has 0 bridgehead atoms. The van der Waals surface area contributed by atoms with Crippen molar-refractivity contribution in [2.24, 2.45) is 0 Å². The molecule has 3 heteroatoms. The molecule has 0 aliphatic rings. The lowest BCUT2D eigenvalue weighted by molar-refractivity contribution is 0.181. The van der Waals surface area contributed by atoms with Crippen LogP contribution in [-0.4, -0.2) is 18.2 Å². The summed E-state index contributed by atoms with van der Waals surface area (Å²) in [5.74, 6) is 0.768. The number of aryl methyl sites for hydroxylation is 1. The molecule has 0 fully saturated rings. The molecule has 0 aliphatic heterocycles. The largest absolute Gasteiger partial charge is 0.488 e. The van der Waals surface area contributed by atoms with Crippen LogP contribution >= 0.6 is 11.6 Å². The van der Waals surface area contributed by atoms with Gasteiger partial charge in [-0.2, -0.15) is 0 Å². The highest BCUT2D eigenvalue weighted by molar-refractivity contribution is 6.32. The lowest BCUT2D eigenvalue weighted by Gasteiger charge is -2.25. The summed E-state index contributed by atoms with van der Waals surface area (Å²) in [5.41, 5.74) is 1.25. The van der Waals surface area contributed by atoms with Gasteiger partial charge in [-0.25, -0.2) is 0 Å². The molecular weight excluding hydrogens is 246 g/mol. The molecule has 2 nitrogen and oxygen atoms in total. The minimum atomic E-state index is 0.105. The van der Waals surface area contributed by atoms with E-state index < -0.39 is 0 Å². The van der Waals surface area contributed by atoms with Gasteiger partial charge in [0, 0.05) is 12.1 Å². The van der Waals surface area contributed by atoms with Crippen molar-refractivity contribution in [3.8, 4) is 5.75 Å². The minimum absolute atomic E-state index is 0.105. The van der Waals surface area contributed by atoms with Gasteiger partial charge in [-0.15, -0.1) is 0 Å². The Morgan fingerprint density at radius 3 is 2.50 bits per heavy atom. The first-order valence-corrected chi connectivity index (χ1v) is 6.87. The van der Waals surface area contributed by atoms with Gasteiger partial charge in [0.15, 0.2) is 0 Å². The Morgan fingerprint density at radius 1 is 1.33 bits per heavy atom. The lowest BCUT2D eigenvalue weighted by Crippen LogP contribution is -2.42. The van der Waals surface area contributed by atoms with Crippen LogP contribution in [0, 0.1) is 6.92 Å². The first-order chi connectivity index (χ1) is 8.31. The molecule has 0 saturated heterocycles. The zero-order valence-electron chi connectivity index (χ0n) is 12.0. The van der Waals surface area contributed by atoms with Crippen molar-refractivity contribution in [2.45, 2.75) is 52.7 Å². The molecule has 102 valence electrons. The molecule has 1 unspecified atom stereocenters. The standard InChI is InChI=1S/C15H24ClNO/c1-6-12(10-17-15(3,4)5)18-14-8-7-11(2)9-13(14)16/h7-9,12,17H,6,10H2,1-5H3. The smallest absolute Gasteiger partial charge is 0.138 e. The monoisotopic (exact) mass is 269 g/mol. The van der Waals surface area contributed by atoms with E-state index in [4.69, 9.17) is 16.3 Å². The molecule has 18 heavy (non-hydrogen) atoms. The number of hydrogen-bond donors (Lipinski definition) is 1. The highest BCUT2D eigenvalue weighted by Gasteiger charge is 2.15. The number of hydrogen-bond acceptors (Lipinski definition) is 2. The van der Waals surface area contributed by atoms with Crippen LogP contribution in [0.5, 0.6) is 5.75 Å². The van der Waals surface area contributed by atoms with Crippen molar-refractivity contribution in [2.75, 3.05) is 6.54 Å². The number of rotatable bonds is 5. The van der Waals surface area contributed by atoms with Crippen LogP contribution in [-0.2, 0) is 0 Å². The van der Waals surface area contributed by atoms with Crippen LogP contribution in [0.1, 0.15) is 39.7 Å².